The minimum absolute atomic E-state index is 0.00697. The van der Waals surface area contributed by atoms with Gasteiger partial charge in [0.25, 0.3) is 5.91 Å². The lowest BCUT2D eigenvalue weighted by Crippen LogP contribution is -2.33. The molecule has 4 rings (SSSR count). The zero-order chi connectivity index (χ0) is 20.6. The topological polar surface area (TPSA) is 51.0 Å². The first kappa shape index (κ1) is 19.2. The number of aromatic nitrogens is 3. The number of hydrogen-bond acceptors (Lipinski definition) is 3. The molecular weight excluding hydrogens is 381 g/mol. The maximum atomic E-state index is 13.3. The van der Waals surface area contributed by atoms with Crippen molar-refractivity contribution < 1.29 is 18.0 Å². The van der Waals surface area contributed by atoms with Crippen LogP contribution in [-0.4, -0.2) is 32.8 Å². The summed E-state index contributed by atoms with van der Waals surface area (Å²) in [6.07, 6.45) is -0.526. The molecule has 8 heteroatoms. The predicted octanol–water partition coefficient (Wildman–Crippen LogP) is 4.44. The zero-order valence-corrected chi connectivity index (χ0v) is 15.7. The summed E-state index contributed by atoms with van der Waals surface area (Å²) < 4.78 is 40.8. The van der Waals surface area contributed by atoms with Crippen LogP contribution in [0.5, 0.6) is 0 Å². The van der Waals surface area contributed by atoms with E-state index in [4.69, 9.17) is 0 Å². The van der Waals surface area contributed by atoms with Gasteiger partial charge in [0.15, 0.2) is 5.69 Å². The highest BCUT2D eigenvalue weighted by molar-refractivity contribution is 5.92. The number of fused-ring (bicyclic) bond motifs is 1. The van der Waals surface area contributed by atoms with Crippen molar-refractivity contribution in [2.24, 2.45) is 0 Å². The number of rotatable bonds is 3. The van der Waals surface area contributed by atoms with Crippen molar-refractivity contribution in [3.8, 4) is 5.69 Å². The number of benzene rings is 2. The van der Waals surface area contributed by atoms with Crippen LogP contribution in [-0.2, 0) is 12.6 Å². The average Bonchev–Trinajstić information content (AvgIpc) is 3.22. The number of alkyl halides is 3. The summed E-state index contributed by atoms with van der Waals surface area (Å²) in [5.41, 5.74) is 1.32. The molecule has 0 saturated carbocycles. The van der Waals surface area contributed by atoms with Crippen molar-refractivity contribution in [3.63, 3.8) is 0 Å². The monoisotopic (exact) mass is 400 g/mol. The molecule has 1 amide bonds. The van der Waals surface area contributed by atoms with Gasteiger partial charge in [-0.25, -0.2) is 4.68 Å². The number of carbonyl (C=O) groups excluding carboxylic acids is 1. The van der Waals surface area contributed by atoms with E-state index in [2.05, 4.69) is 16.4 Å². The summed E-state index contributed by atoms with van der Waals surface area (Å²) >= 11 is 0. The SMILES string of the molecule is CN(C(=O)c1cn(-c2ccccc2C(F)(F)F)nn1)C1CCCc2ccccc21. The van der Waals surface area contributed by atoms with E-state index < -0.39 is 11.7 Å². The van der Waals surface area contributed by atoms with Crippen LogP contribution in [0.1, 0.15) is 46.1 Å². The van der Waals surface area contributed by atoms with Crippen LogP contribution in [0.3, 0.4) is 0 Å². The first-order valence-corrected chi connectivity index (χ1v) is 9.30. The molecule has 150 valence electrons. The summed E-state index contributed by atoms with van der Waals surface area (Å²) in [6, 6.07) is 13.0. The Hall–Kier alpha value is -3.16. The maximum absolute atomic E-state index is 13.3. The van der Waals surface area contributed by atoms with Gasteiger partial charge in [0, 0.05) is 7.05 Å². The Labute approximate surface area is 165 Å². The fourth-order valence-electron chi connectivity index (χ4n) is 3.85. The highest BCUT2D eigenvalue weighted by Crippen LogP contribution is 2.35. The lowest BCUT2D eigenvalue weighted by molar-refractivity contribution is -0.137. The molecule has 1 heterocycles. The molecule has 0 fully saturated rings. The zero-order valence-electron chi connectivity index (χ0n) is 15.7. The Morgan fingerprint density at radius 3 is 2.66 bits per heavy atom. The van der Waals surface area contributed by atoms with E-state index in [1.807, 2.05) is 18.2 Å². The molecule has 0 saturated heterocycles. The normalized spacial score (nSPS) is 16.3. The highest BCUT2D eigenvalue weighted by Gasteiger charge is 2.34. The van der Waals surface area contributed by atoms with Gasteiger partial charge in [-0.2, -0.15) is 13.2 Å². The fourth-order valence-corrected chi connectivity index (χ4v) is 3.85. The van der Waals surface area contributed by atoms with E-state index in [-0.39, 0.29) is 23.3 Å². The number of aryl methyl sites for hydroxylation is 1. The first-order chi connectivity index (χ1) is 13.9. The molecule has 1 aliphatic rings. The molecule has 0 aliphatic heterocycles. The smallest absolute Gasteiger partial charge is 0.333 e. The maximum Gasteiger partial charge on any atom is 0.418 e. The minimum atomic E-state index is -4.53. The van der Waals surface area contributed by atoms with Crippen LogP contribution in [0.15, 0.2) is 54.7 Å². The van der Waals surface area contributed by atoms with Gasteiger partial charge >= 0.3 is 6.18 Å². The molecule has 0 radical (unpaired) electrons. The molecule has 0 N–H and O–H groups in total. The molecular formula is C21H19F3N4O. The number of halogens is 3. The van der Waals surface area contributed by atoms with Crippen LogP contribution < -0.4 is 0 Å². The van der Waals surface area contributed by atoms with Crippen LogP contribution in [0.4, 0.5) is 13.2 Å². The number of para-hydroxylation sites is 1. The van der Waals surface area contributed by atoms with E-state index in [0.717, 1.165) is 35.6 Å². The quantitative estimate of drug-likeness (QED) is 0.653. The van der Waals surface area contributed by atoms with Crippen LogP contribution in [0, 0.1) is 0 Å². The number of nitrogens with zero attached hydrogens (tertiary/aromatic N) is 4. The second-order valence-corrected chi connectivity index (χ2v) is 7.09. The highest BCUT2D eigenvalue weighted by atomic mass is 19.4. The molecule has 0 spiro atoms. The summed E-state index contributed by atoms with van der Waals surface area (Å²) in [7, 11) is 1.69. The van der Waals surface area contributed by atoms with Crippen molar-refractivity contribution in [1.82, 2.24) is 19.9 Å². The Morgan fingerprint density at radius 2 is 1.86 bits per heavy atom. The van der Waals surface area contributed by atoms with Gasteiger partial charge in [-0.3, -0.25) is 4.79 Å². The van der Waals surface area contributed by atoms with Gasteiger partial charge in [0.1, 0.15) is 0 Å². The van der Waals surface area contributed by atoms with Gasteiger partial charge in [-0.15, -0.1) is 5.10 Å². The van der Waals surface area contributed by atoms with Crippen molar-refractivity contribution in [2.45, 2.75) is 31.5 Å². The second-order valence-electron chi connectivity index (χ2n) is 7.09. The molecule has 5 nitrogen and oxygen atoms in total. The molecule has 1 unspecified atom stereocenters. The van der Waals surface area contributed by atoms with E-state index in [1.54, 1.807) is 11.9 Å². The Bertz CT molecular complexity index is 1040. The summed E-state index contributed by atoms with van der Waals surface area (Å²) in [5, 5.41) is 7.61. The van der Waals surface area contributed by atoms with Crippen LogP contribution in [0.2, 0.25) is 0 Å². The Kier molecular flexibility index (Phi) is 4.86. The van der Waals surface area contributed by atoms with Crippen molar-refractivity contribution in [2.75, 3.05) is 7.05 Å². The average molecular weight is 400 g/mol. The van der Waals surface area contributed by atoms with Crippen molar-refractivity contribution >= 4 is 5.91 Å². The van der Waals surface area contributed by atoms with Gasteiger partial charge in [0.2, 0.25) is 0 Å². The minimum Gasteiger partial charge on any atom is -0.333 e. The Balaban J connectivity index is 1.62. The number of carbonyl (C=O) groups is 1. The molecule has 2 aromatic carbocycles. The lowest BCUT2D eigenvalue weighted by atomic mass is 9.87. The number of amides is 1. The molecule has 1 atom stereocenters. The molecule has 1 aliphatic carbocycles. The van der Waals surface area contributed by atoms with Crippen molar-refractivity contribution in [1.29, 1.82) is 0 Å². The third kappa shape index (κ3) is 3.62. The van der Waals surface area contributed by atoms with Crippen LogP contribution in [0.25, 0.3) is 5.69 Å². The standard InChI is InChI=1S/C21H19F3N4O/c1-27(18-12-6-8-14-7-2-3-9-15(14)18)20(29)17-13-28(26-25-17)19-11-5-4-10-16(19)21(22,23)24/h2-5,7,9-11,13,18H,6,8,12H2,1H3. The lowest BCUT2D eigenvalue weighted by Gasteiger charge is -2.32. The summed E-state index contributed by atoms with van der Waals surface area (Å²) in [5.74, 6) is -0.373. The van der Waals surface area contributed by atoms with Crippen LogP contribution >= 0.6 is 0 Å². The van der Waals surface area contributed by atoms with E-state index in [1.165, 1.54) is 30.0 Å². The summed E-state index contributed by atoms with van der Waals surface area (Å²) in [6.45, 7) is 0. The third-order valence-corrected chi connectivity index (χ3v) is 5.29. The van der Waals surface area contributed by atoms with Gasteiger partial charge < -0.3 is 4.90 Å². The Morgan fingerprint density at radius 1 is 1.14 bits per heavy atom. The summed E-state index contributed by atoms with van der Waals surface area (Å²) in [4.78, 5) is 14.6. The van der Waals surface area contributed by atoms with E-state index in [0.29, 0.717) is 0 Å². The van der Waals surface area contributed by atoms with E-state index in [9.17, 15) is 18.0 Å². The second kappa shape index (κ2) is 7.35. The molecule has 29 heavy (non-hydrogen) atoms. The van der Waals surface area contributed by atoms with E-state index >= 15 is 0 Å². The van der Waals surface area contributed by atoms with Gasteiger partial charge in [-0.05, 0) is 42.5 Å². The predicted molar refractivity (Wildman–Crippen MR) is 101 cm³/mol. The molecule has 3 aromatic rings. The fraction of sp³-hybridized carbons (Fsp3) is 0.286. The first-order valence-electron chi connectivity index (χ1n) is 9.30. The van der Waals surface area contributed by atoms with Gasteiger partial charge in [-0.1, -0.05) is 41.6 Å². The number of hydrogen-bond donors (Lipinski definition) is 0. The molecule has 1 aromatic heterocycles. The van der Waals surface area contributed by atoms with Gasteiger partial charge in [0.05, 0.1) is 23.5 Å². The largest absolute Gasteiger partial charge is 0.418 e. The molecule has 0 bridgehead atoms. The van der Waals surface area contributed by atoms with Crippen molar-refractivity contribution in [3.05, 3.63) is 77.1 Å². The third-order valence-electron chi connectivity index (χ3n) is 5.29.